The topological polar surface area (TPSA) is 69.2 Å². The zero-order valence-electron chi connectivity index (χ0n) is 8.17. The molecule has 0 fully saturated rings. The van der Waals surface area contributed by atoms with Crippen molar-refractivity contribution >= 4 is 46.7 Å². The third kappa shape index (κ3) is 3.93. The van der Waals surface area contributed by atoms with Crippen LogP contribution in [0.5, 0.6) is 0 Å². The van der Waals surface area contributed by atoms with Gasteiger partial charge >= 0.3 is 0 Å². The van der Waals surface area contributed by atoms with Gasteiger partial charge in [-0.05, 0) is 24.3 Å². The first-order valence-electron chi connectivity index (χ1n) is 4.25. The summed E-state index contributed by atoms with van der Waals surface area (Å²) in [6.07, 6.45) is 0. The highest BCUT2D eigenvalue weighted by Crippen LogP contribution is 2.13. The molecule has 1 amide bonds. The van der Waals surface area contributed by atoms with E-state index >= 15 is 0 Å². The van der Waals surface area contributed by atoms with Crippen molar-refractivity contribution in [2.75, 3.05) is 0 Å². The Morgan fingerprint density at radius 1 is 1.12 bits per heavy atom. The molecule has 0 radical (unpaired) electrons. The Kier molecular flexibility index (Phi) is 4.81. The fourth-order valence-electron chi connectivity index (χ4n) is 0.962. The van der Waals surface area contributed by atoms with Gasteiger partial charge in [0.15, 0.2) is 0 Å². The maximum atomic E-state index is 11.6. The Labute approximate surface area is 112 Å². The van der Waals surface area contributed by atoms with Crippen molar-refractivity contribution in [2.45, 2.75) is 0 Å². The van der Waals surface area contributed by atoms with Crippen molar-refractivity contribution in [1.29, 1.82) is 0 Å². The van der Waals surface area contributed by atoms with E-state index in [9.17, 15) is 14.7 Å². The van der Waals surface area contributed by atoms with Gasteiger partial charge in [-0.3, -0.25) is 4.79 Å². The molecule has 1 aromatic carbocycles. The zero-order valence-corrected chi connectivity index (χ0v) is 10.4. The summed E-state index contributed by atoms with van der Waals surface area (Å²) in [5, 5.41) is 13.1. The molecular weight excluding hydrogens is 288 g/mol. The van der Waals surface area contributed by atoms with Crippen LogP contribution in [-0.2, 0) is 4.79 Å². The van der Waals surface area contributed by atoms with Crippen molar-refractivity contribution < 1.29 is 14.7 Å². The van der Waals surface area contributed by atoms with Gasteiger partial charge in [-0.2, -0.15) is 0 Å². The Bertz CT molecular complexity index is 478. The maximum absolute atomic E-state index is 11.6. The summed E-state index contributed by atoms with van der Waals surface area (Å²) < 4.78 is -0.590. The Hall–Kier alpha value is -1.23. The van der Waals surface area contributed by atoms with E-state index in [4.69, 9.17) is 34.8 Å². The molecule has 0 aromatic heterocycles. The van der Waals surface area contributed by atoms with Crippen LogP contribution in [0.25, 0.3) is 0 Å². The van der Waals surface area contributed by atoms with E-state index in [0.29, 0.717) is 5.02 Å². The van der Waals surface area contributed by atoms with Gasteiger partial charge in [-0.25, -0.2) is 0 Å². The third-order valence-electron chi connectivity index (χ3n) is 1.74. The van der Waals surface area contributed by atoms with Gasteiger partial charge in [0.05, 0.1) is 11.7 Å². The number of aliphatic carboxylic acids is 1. The molecule has 90 valence electrons. The number of carboxylic acids is 1. The number of hydrogen-bond donors (Lipinski definition) is 1. The number of carboxylic acid groups (broad SMARTS) is 1. The van der Waals surface area contributed by atoms with Gasteiger partial charge in [0.1, 0.15) is 4.49 Å². The van der Waals surface area contributed by atoms with Crippen LogP contribution in [0.1, 0.15) is 10.4 Å². The summed E-state index contributed by atoms with van der Waals surface area (Å²) in [7, 11) is 0. The highest BCUT2D eigenvalue weighted by molar-refractivity contribution is 6.57. The molecule has 1 rings (SSSR count). The molecular formula is C10H5Cl3NO3-. The van der Waals surface area contributed by atoms with Crippen molar-refractivity contribution in [3.05, 3.63) is 45.0 Å². The second-order valence-corrected chi connectivity index (χ2v) is 4.27. The van der Waals surface area contributed by atoms with Crippen molar-refractivity contribution in [1.82, 2.24) is 5.32 Å². The fourth-order valence-corrected chi connectivity index (χ4v) is 1.34. The Morgan fingerprint density at radius 2 is 1.65 bits per heavy atom. The van der Waals surface area contributed by atoms with Crippen LogP contribution in [0.4, 0.5) is 0 Å². The van der Waals surface area contributed by atoms with Gasteiger partial charge in [-0.15, -0.1) is 0 Å². The van der Waals surface area contributed by atoms with E-state index < -0.39 is 22.1 Å². The molecule has 0 atom stereocenters. The minimum absolute atomic E-state index is 0.211. The number of rotatable bonds is 3. The number of amides is 1. The van der Waals surface area contributed by atoms with Crippen LogP contribution in [-0.4, -0.2) is 11.9 Å². The number of halogens is 3. The fraction of sp³-hybridized carbons (Fsp3) is 0. The van der Waals surface area contributed by atoms with Crippen LogP contribution in [0.15, 0.2) is 34.5 Å². The lowest BCUT2D eigenvalue weighted by Crippen LogP contribution is -2.36. The summed E-state index contributed by atoms with van der Waals surface area (Å²) in [5.41, 5.74) is -0.476. The molecule has 0 heterocycles. The minimum atomic E-state index is -1.67. The van der Waals surface area contributed by atoms with Crippen LogP contribution in [0, 0.1) is 0 Å². The molecule has 1 aromatic rings. The van der Waals surface area contributed by atoms with Gasteiger partial charge in [0.25, 0.3) is 5.91 Å². The molecule has 0 saturated carbocycles. The molecule has 0 saturated heterocycles. The van der Waals surface area contributed by atoms with Crippen LogP contribution in [0.3, 0.4) is 0 Å². The molecule has 0 spiro atoms. The van der Waals surface area contributed by atoms with Crippen LogP contribution < -0.4 is 10.4 Å². The van der Waals surface area contributed by atoms with Crippen molar-refractivity contribution in [3.63, 3.8) is 0 Å². The first-order chi connectivity index (χ1) is 7.91. The molecule has 0 aliphatic carbocycles. The highest BCUT2D eigenvalue weighted by Gasteiger charge is 2.11. The highest BCUT2D eigenvalue weighted by atomic mass is 35.5. The Balaban J connectivity index is 2.89. The second-order valence-electron chi connectivity index (χ2n) is 2.88. The first kappa shape index (κ1) is 13.8. The predicted octanol–water partition coefficient (Wildman–Crippen LogP) is 1.47. The SMILES string of the molecule is O=C([O-])C(NC(=O)c1ccc(Cl)cc1)=C(Cl)Cl. The zero-order chi connectivity index (χ0) is 13.0. The lowest BCUT2D eigenvalue weighted by molar-refractivity contribution is -0.299. The largest absolute Gasteiger partial charge is 0.543 e. The average molecular weight is 294 g/mol. The van der Waals surface area contributed by atoms with E-state index in [0.717, 1.165) is 0 Å². The summed E-state index contributed by atoms with van der Waals surface area (Å²) >= 11 is 16.2. The number of hydrogen-bond acceptors (Lipinski definition) is 3. The molecule has 4 nitrogen and oxygen atoms in total. The number of nitrogens with one attached hydrogen (secondary N) is 1. The van der Waals surface area contributed by atoms with Gasteiger partial charge in [0, 0.05) is 10.6 Å². The van der Waals surface area contributed by atoms with Gasteiger partial charge < -0.3 is 15.2 Å². The predicted molar refractivity (Wildman–Crippen MR) is 62.7 cm³/mol. The normalized spacial score (nSPS) is 9.59. The average Bonchev–Trinajstić information content (AvgIpc) is 2.25. The van der Waals surface area contributed by atoms with Crippen molar-refractivity contribution in [3.8, 4) is 0 Å². The second kappa shape index (κ2) is 5.91. The van der Waals surface area contributed by atoms with E-state index in [2.05, 4.69) is 0 Å². The number of benzene rings is 1. The number of carbonyl (C=O) groups is 2. The van der Waals surface area contributed by atoms with E-state index in [1.54, 1.807) is 0 Å². The molecule has 0 aliphatic rings. The molecule has 1 N–H and O–H groups in total. The van der Waals surface area contributed by atoms with E-state index in [-0.39, 0.29) is 5.56 Å². The molecule has 0 bridgehead atoms. The third-order valence-corrected chi connectivity index (χ3v) is 2.37. The Morgan fingerprint density at radius 3 is 2.06 bits per heavy atom. The monoisotopic (exact) mass is 292 g/mol. The number of carbonyl (C=O) groups excluding carboxylic acids is 2. The standard InChI is InChI=1S/C10H6Cl3NO3/c11-6-3-1-5(2-4-6)9(15)14-7(8(12)13)10(16)17/h1-4H,(H,14,15)(H,16,17)/p-1. The first-order valence-corrected chi connectivity index (χ1v) is 5.38. The maximum Gasteiger partial charge on any atom is 0.255 e. The van der Waals surface area contributed by atoms with Crippen LogP contribution in [0.2, 0.25) is 5.02 Å². The smallest absolute Gasteiger partial charge is 0.255 e. The van der Waals surface area contributed by atoms with Gasteiger partial charge in [-0.1, -0.05) is 34.8 Å². The summed E-state index contributed by atoms with van der Waals surface area (Å²) in [5.74, 6) is -2.35. The van der Waals surface area contributed by atoms with E-state index in [1.165, 1.54) is 24.3 Å². The lowest BCUT2D eigenvalue weighted by atomic mass is 10.2. The summed E-state index contributed by atoms with van der Waals surface area (Å²) in [6.45, 7) is 0. The molecule has 0 aliphatic heterocycles. The molecule has 17 heavy (non-hydrogen) atoms. The molecule has 0 unspecified atom stereocenters. The quantitative estimate of drug-likeness (QED) is 0.858. The lowest BCUT2D eigenvalue weighted by Gasteiger charge is -2.10. The van der Waals surface area contributed by atoms with E-state index in [1.807, 2.05) is 5.32 Å². The summed E-state index contributed by atoms with van der Waals surface area (Å²) in [4.78, 5) is 22.2. The summed E-state index contributed by atoms with van der Waals surface area (Å²) in [6, 6.07) is 5.82. The van der Waals surface area contributed by atoms with Crippen molar-refractivity contribution in [2.24, 2.45) is 0 Å². The minimum Gasteiger partial charge on any atom is -0.543 e. The van der Waals surface area contributed by atoms with Gasteiger partial charge in [0.2, 0.25) is 0 Å². The molecule has 7 heteroatoms. The van der Waals surface area contributed by atoms with Crippen LogP contribution >= 0.6 is 34.8 Å².